The molecule has 5 heteroatoms. The number of rotatable bonds is 2. The van der Waals surface area contributed by atoms with Gasteiger partial charge in [0.25, 0.3) is 0 Å². The standard InChI is InChI=1S/C16H19N3OS/c20-16(18-6-1-2-7-18)12-3-4-15-17-9-14(19(15)10-12)13-5-8-21-11-13/h5,8-9,11-12H,1-4,6-7,10H2. The molecule has 0 saturated carbocycles. The molecule has 21 heavy (non-hydrogen) atoms. The van der Waals surface area contributed by atoms with E-state index in [-0.39, 0.29) is 5.92 Å². The van der Waals surface area contributed by atoms with Gasteiger partial charge in [0.1, 0.15) is 5.82 Å². The average Bonchev–Trinajstić information content (AvgIpc) is 3.25. The maximum absolute atomic E-state index is 12.6. The Morgan fingerprint density at radius 2 is 2.19 bits per heavy atom. The van der Waals surface area contributed by atoms with Crippen molar-refractivity contribution in [2.45, 2.75) is 32.2 Å². The summed E-state index contributed by atoms with van der Waals surface area (Å²) >= 11 is 1.70. The zero-order chi connectivity index (χ0) is 14.2. The first-order valence-electron chi connectivity index (χ1n) is 7.68. The molecule has 1 amide bonds. The van der Waals surface area contributed by atoms with E-state index in [1.807, 2.05) is 6.20 Å². The SMILES string of the molecule is O=C(C1CCc2ncc(-c3ccsc3)n2C1)N1CCCC1. The Labute approximate surface area is 128 Å². The van der Waals surface area contributed by atoms with Gasteiger partial charge in [0, 0.05) is 37.0 Å². The van der Waals surface area contributed by atoms with E-state index in [4.69, 9.17) is 0 Å². The third kappa shape index (κ3) is 2.29. The lowest BCUT2D eigenvalue weighted by atomic mass is 9.97. The molecule has 2 aromatic heterocycles. The molecule has 1 saturated heterocycles. The lowest BCUT2D eigenvalue weighted by Crippen LogP contribution is -2.38. The van der Waals surface area contributed by atoms with Gasteiger partial charge in [-0.2, -0.15) is 11.3 Å². The van der Waals surface area contributed by atoms with E-state index in [0.29, 0.717) is 5.91 Å². The van der Waals surface area contributed by atoms with E-state index in [1.54, 1.807) is 11.3 Å². The van der Waals surface area contributed by atoms with E-state index < -0.39 is 0 Å². The molecule has 1 unspecified atom stereocenters. The van der Waals surface area contributed by atoms with E-state index >= 15 is 0 Å². The number of amides is 1. The molecular formula is C16H19N3OS. The predicted molar refractivity (Wildman–Crippen MR) is 83.2 cm³/mol. The molecule has 0 aromatic carbocycles. The lowest BCUT2D eigenvalue weighted by molar-refractivity contribution is -0.135. The molecule has 4 heterocycles. The van der Waals surface area contributed by atoms with Crippen LogP contribution in [0.25, 0.3) is 11.3 Å². The molecule has 0 aliphatic carbocycles. The van der Waals surface area contributed by atoms with Gasteiger partial charge >= 0.3 is 0 Å². The van der Waals surface area contributed by atoms with Crippen LogP contribution in [0, 0.1) is 5.92 Å². The normalized spacial score (nSPS) is 21.5. The highest BCUT2D eigenvalue weighted by atomic mass is 32.1. The Balaban J connectivity index is 1.59. The van der Waals surface area contributed by atoms with Gasteiger partial charge in [-0.05, 0) is 30.7 Å². The Morgan fingerprint density at radius 3 is 2.95 bits per heavy atom. The fraction of sp³-hybridized carbons (Fsp3) is 0.500. The molecule has 2 aliphatic heterocycles. The number of carbonyl (C=O) groups is 1. The van der Waals surface area contributed by atoms with E-state index in [0.717, 1.165) is 56.8 Å². The monoisotopic (exact) mass is 301 g/mol. The number of carbonyl (C=O) groups excluding carboxylic acids is 1. The zero-order valence-corrected chi connectivity index (χ0v) is 12.8. The van der Waals surface area contributed by atoms with Crippen LogP contribution >= 0.6 is 11.3 Å². The minimum atomic E-state index is 0.127. The summed E-state index contributed by atoms with van der Waals surface area (Å²) in [5, 5.41) is 4.24. The van der Waals surface area contributed by atoms with Crippen molar-refractivity contribution >= 4 is 17.2 Å². The van der Waals surface area contributed by atoms with Gasteiger partial charge in [0.05, 0.1) is 17.8 Å². The van der Waals surface area contributed by atoms with Gasteiger partial charge in [0.15, 0.2) is 0 Å². The highest BCUT2D eigenvalue weighted by molar-refractivity contribution is 7.08. The van der Waals surface area contributed by atoms with Gasteiger partial charge in [-0.1, -0.05) is 0 Å². The Hall–Kier alpha value is -1.62. The number of aromatic nitrogens is 2. The van der Waals surface area contributed by atoms with Crippen LogP contribution in [0.15, 0.2) is 23.0 Å². The van der Waals surface area contributed by atoms with Crippen LogP contribution in [0.4, 0.5) is 0 Å². The summed E-state index contributed by atoms with van der Waals surface area (Å²) in [5.41, 5.74) is 2.37. The Morgan fingerprint density at radius 1 is 1.33 bits per heavy atom. The smallest absolute Gasteiger partial charge is 0.227 e. The third-order valence-electron chi connectivity index (χ3n) is 4.64. The number of hydrogen-bond donors (Lipinski definition) is 0. The summed E-state index contributed by atoms with van der Waals surface area (Å²) < 4.78 is 2.25. The summed E-state index contributed by atoms with van der Waals surface area (Å²) in [7, 11) is 0. The Bertz CT molecular complexity index is 641. The first kappa shape index (κ1) is 13.1. The number of hydrogen-bond acceptors (Lipinski definition) is 3. The topological polar surface area (TPSA) is 38.1 Å². The number of likely N-dealkylation sites (tertiary alicyclic amines) is 1. The molecule has 2 aromatic rings. The maximum atomic E-state index is 12.6. The first-order chi connectivity index (χ1) is 10.3. The Kier molecular flexibility index (Phi) is 3.30. The van der Waals surface area contributed by atoms with Crippen LogP contribution < -0.4 is 0 Å². The van der Waals surface area contributed by atoms with Crippen molar-refractivity contribution in [2.24, 2.45) is 5.92 Å². The summed E-state index contributed by atoms with van der Waals surface area (Å²) in [6.07, 6.45) is 6.13. The molecule has 4 nitrogen and oxygen atoms in total. The largest absolute Gasteiger partial charge is 0.342 e. The quantitative estimate of drug-likeness (QED) is 0.855. The zero-order valence-electron chi connectivity index (χ0n) is 12.0. The van der Waals surface area contributed by atoms with E-state index in [9.17, 15) is 4.79 Å². The van der Waals surface area contributed by atoms with Crippen LogP contribution in [0.1, 0.15) is 25.1 Å². The van der Waals surface area contributed by atoms with E-state index in [1.165, 1.54) is 5.56 Å². The van der Waals surface area contributed by atoms with Crippen molar-refractivity contribution in [3.8, 4) is 11.3 Å². The van der Waals surface area contributed by atoms with Crippen molar-refractivity contribution in [3.05, 3.63) is 28.8 Å². The summed E-state index contributed by atoms with van der Waals surface area (Å²) in [6, 6.07) is 2.13. The van der Waals surface area contributed by atoms with E-state index in [2.05, 4.69) is 31.3 Å². The second-order valence-electron chi connectivity index (χ2n) is 5.95. The molecule has 0 radical (unpaired) electrons. The van der Waals surface area contributed by atoms with Crippen LogP contribution in [-0.4, -0.2) is 33.4 Å². The van der Waals surface area contributed by atoms with Crippen molar-refractivity contribution in [1.82, 2.24) is 14.5 Å². The number of aryl methyl sites for hydroxylation is 1. The summed E-state index contributed by atoms with van der Waals surface area (Å²) in [5.74, 6) is 1.60. The fourth-order valence-electron chi connectivity index (χ4n) is 3.47. The highest BCUT2D eigenvalue weighted by Crippen LogP contribution is 2.30. The molecule has 4 rings (SSSR count). The molecule has 0 spiro atoms. The molecule has 0 bridgehead atoms. The second-order valence-corrected chi connectivity index (χ2v) is 6.73. The van der Waals surface area contributed by atoms with Gasteiger partial charge in [-0.15, -0.1) is 0 Å². The summed E-state index contributed by atoms with van der Waals surface area (Å²) in [6.45, 7) is 2.68. The molecule has 1 atom stereocenters. The van der Waals surface area contributed by atoms with Crippen LogP contribution in [0.3, 0.4) is 0 Å². The van der Waals surface area contributed by atoms with Crippen molar-refractivity contribution in [1.29, 1.82) is 0 Å². The average molecular weight is 301 g/mol. The molecule has 110 valence electrons. The first-order valence-corrected chi connectivity index (χ1v) is 8.63. The third-order valence-corrected chi connectivity index (χ3v) is 5.32. The van der Waals surface area contributed by atoms with Crippen LogP contribution in [0.5, 0.6) is 0 Å². The lowest BCUT2D eigenvalue weighted by Gasteiger charge is -2.28. The fourth-order valence-corrected chi connectivity index (χ4v) is 4.12. The number of thiophene rings is 1. The van der Waals surface area contributed by atoms with Crippen molar-refractivity contribution in [2.75, 3.05) is 13.1 Å². The van der Waals surface area contributed by atoms with Crippen LogP contribution in [0.2, 0.25) is 0 Å². The number of nitrogens with zero attached hydrogens (tertiary/aromatic N) is 3. The molecule has 0 N–H and O–H groups in total. The minimum Gasteiger partial charge on any atom is -0.342 e. The van der Waals surface area contributed by atoms with Gasteiger partial charge in [0.2, 0.25) is 5.91 Å². The molecular weight excluding hydrogens is 282 g/mol. The highest BCUT2D eigenvalue weighted by Gasteiger charge is 2.31. The second kappa shape index (κ2) is 5.30. The molecule has 1 fully saturated rings. The van der Waals surface area contributed by atoms with Gasteiger partial charge in [-0.25, -0.2) is 4.98 Å². The minimum absolute atomic E-state index is 0.127. The number of fused-ring (bicyclic) bond motifs is 1. The van der Waals surface area contributed by atoms with Crippen molar-refractivity contribution in [3.63, 3.8) is 0 Å². The summed E-state index contributed by atoms with van der Waals surface area (Å²) in [4.78, 5) is 19.2. The predicted octanol–water partition coefficient (Wildman–Crippen LogP) is 2.80. The van der Waals surface area contributed by atoms with Crippen molar-refractivity contribution < 1.29 is 4.79 Å². The van der Waals surface area contributed by atoms with Crippen LogP contribution in [-0.2, 0) is 17.8 Å². The number of imidazole rings is 1. The maximum Gasteiger partial charge on any atom is 0.227 e. The molecule has 2 aliphatic rings. The van der Waals surface area contributed by atoms with Gasteiger partial charge < -0.3 is 9.47 Å². The van der Waals surface area contributed by atoms with Gasteiger partial charge in [-0.3, -0.25) is 4.79 Å².